The molecule has 28 heavy (non-hydrogen) atoms. The van der Waals surface area contributed by atoms with Gasteiger partial charge in [-0.25, -0.2) is 0 Å². The van der Waals surface area contributed by atoms with Crippen LogP contribution < -0.4 is 20.7 Å². The molecule has 0 bridgehead atoms. The fraction of sp³-hybridized carbons (Fsp3) is 0.286. The SMILES string of the molecule is CCOc1ccc(NC(=O)c2ccccc2NC(=S)NC(=O)C(C)(C)C)cc1. The van der Waals surface area contributed by atoms with Gasteiger partial charge in [-0.15, -0.1) is 0 Å². The molecule has 2 rings (SSSR count). The second-order valence-corrected chi connectivity index (χ2v) is 7.52. The lowest BCUT2D eigenvalue weighted by Crippen LogP contribution is -2.41. The van der Waals surface area contributed by atoms with Crippen LogP contribution in [0.25, 0.3) is 0 Å². The predicted molar refractivity (Wildman–Crippen MR) is 116 cm³/mol. The molecule has 0 heterocycles. The third-order valence-electron chi connectivity index (χ3n) is 3.75. The number of amides is 2. The van der Waals surface area contributed by atoms with Crippen LogP contribution in [0.1, 0.15) is 38.1 Å². The smallest absolute Gasteiger partial charge is 0.257 e. The maximum Gasteiger partial charge on any atom is 0.257 e. The van der Waals surface area contributed by atoms with Crippen LogP contribution in [0.4, 0.5) is 11.4 Å². The largest absolute Gasteiger partial charge is 0.494 e. The molecule has 0 aliphatic rings. The van der Waals surface area contributed by atoms with Crippen LogP contribution in [0.5, 0.6) is 5.75 Å². The first-order valence-corrected chi connectivity index (χ1v) is 9.37. The monoisotopic (exact) mass is 399 g/mol. The van der Waals surface area contributed by atoms with E-state index in [9.17, 15) is 9.59 Å². The van der Waals surface area contributed by atoms with E-state index in [1.54, 1.807) is 69.3 Å². The van der Waals surface area contributed by atoms with Crippen LogP contribution in [0, 0.1) is 5.41 Å². The normalized spacial score (nSPS) is 10.7. The minimum atomic E-state index is -0.573. The van der Waals surface area contributed by atoms with Gasteiger partial charge in [-0.3, -0.25) is 9.59 Å². The molecule has 0 aliphatic heterocycles. The van der Waals surface area contributed by atoms with Gasteiger partial charge in [0.2, 0.25) is 5.91 Å². The third kappa shape index (κ3) is 6.06. The zero-order chi connectivity index (χ0) is 20.7. The van der Waals surface area contributed by atoms with Crippen molar-refractivity contribution >= 4 is 40.5 Å². The van der Waals surface area contributed by atoms with Crippen molar-refractivity contribution in [3.05, 3.63) is 54.1 Å². The number of carbonyl (C=O) groups is 2. The molecule has 0 atom stereocenters. The molecular weight excluding hydrogens is 374 g/mol. The minimum Gasteiger partial charge on any atom is -0.494 e. The van der Waals surface area contributed by atoms with Gasteiger partial charge >= 0.3 is 0 Å². The topological polar surface area (TPSA) is 79.5 Å². The summed E-state index contributed by atoms with van der Waals surface area (Å²) in [6.07, 6.45) is 0. The van der Waals surface area contributed by atoms with Gasteiger partial charge in [-0.1, -0.05) is 32.9 Å². The number of rotatable bonds is 5. The van der Waals surface area contributed by atoms with Crippen LogP contribution in [0.15, 0.2) is 48.5 Å². The van der Waals surface area contributed by atoms with Gasteiger partial charge in [0, 0.05) is 11.1 Å². The number of para-hydroxylation sites is 1. The number of thiocarbonyl (C=S) groups is 1. The van der Waals surface area contributed by atoms with Crippen LogP contribution in [-0.2, 0) is 4.79 Å². The summed E-state index contributed by atoms with van der Waals surface area (Å²) in [5, 5.41) is 8.54. The highest BCUT2D eigenvalue weighted by Gasteiger charge is 2.22. The van der Waals surface area contributed by atoms with Crippen LogP contribution in [-0.4, -0.2) is 23.5 Å². The number of hydrogen-bond donors (Lipinski definition) is 3. The molecule has 148 valence electrons. The minimum absolute atomic E-state index is 0.140. The maximum atomic E-state index is 12.7. The van der Waals surface area contributed by atoms with E-state index in [0.717, 1.165) is 5.75 Å². The first kappa shape index (κ1) is 21.4. The average Bonchev–Trinajstić information content (AvgIpc) is 2.63. The van der Waals surface area contributed by atoms with E-state index in [2.05, 4.69) is 16.0 Å². The fourth-order valence-electron chi connectivity index (χ4n) is 2.23. The van der Waals surface area contributed by atoms with E-state index in [1.807, 2.05) is 6.92 Å². The van der Waals surface area contributed by atoms with Crippen molar-refractivity contribution < 1.29 is 14.3 Å². The summed E-state index contributed by atoms with van der Waals surface area (Å²) in [7, 11) is 0. The number of carbonyl (C=O) groups excluding carboxylic acids is 2. The van der Waals surface area contributed by atoms with E-state index < -0.39 is 5.41 Å². The number of ether oxygens (including phenoxy) is 1. The lowest BCUT2D eigenvalue weighted by Gasteiger charge is -2.19. The fourth-order valence-corrected chi connectivity index (χ4v) is 2.44. The van der Waals surface area contributed by atoms with E-state index in [1.165, 1.54) is 0 Å². The van der Waals surface area contributed by atoms with E-state index >= 15 is 0 Å². The number of hydrogen-bond acceptors (Lipinski definition) is 4. The van der Waals surface area contributed by atoms with Crippen molar-refractivity contribution in [2.24, 2.45) is 5.41 Å². The molecule has 0 unspecified atom stereocenters. The van der Waals surface area contributed by atoms with Crippen LogP contribution in [0.3, 0.4) is 0 Å². The lowest BCUT2D eigenvalue weighted by atomic mass is 9.96. The second-order valence-electron chi connectivity index (χ2n) is 7.12. The standard InChI is InChI=1S/C21H25N3O3S/c1-5-27-15-12-10-14(11-13-15)22-18(25)16-8-6-7-9-17(16)23-20(28)24-19(26)21(2,3)4/h6-13H,5H2,1-4H3,(H,22,25)(H2,23,24,26,28). The Labute approximate surface area is 170 Å². The number of benzene rings is 2. The zero-order valence-corrected chi connectivity index (χ0v) is 17.3. The lowest BCUT2D eigenvalue weighted by molar-refractivity contribution is -0.126. The highest BCUT2D eigenvalue weighted by molar-refractivity contribution is 7.80. The molecule has 0 spiro atoms. The van der Waals surface area contributed by atoms with E-state index in [4.69, 9.17) is 17.0 Å². The van der Waals surface area contributed by atoms with E-state index in [-0.39, 0.29) is 16.9 Å². The molecule has 2 amide bonds. The first-order chi connectivity index (χ1) is 13.2. The molecule has 2 aromatic rings. The van der Waals surface area contributed by atoms with Crippen molar-refractivity contribution in [3.63, 3.8) is 0 Å². The Morgan fingerprint density at radius 2 is 1.64 bits per heavy atom. The Hall–Kier alpha value is -2.93. The van der Waals surface area contributed by atoms with Gasteiger partial charge in [-0.05, 0) is 55.5 Å². The van der Waals surface area contributed by atoms with Gasteiger partial charge in [0.05, 0.1) is 17.9 Å². The van der Waals surface area contributed by atoms with E-state index in [0.29, 0.717) is 23.5 Å². The molecule has 0 radical (unpaired) electrons. The van der Waals surface area contributed by atoms with Crippen molar-refractivity contribution in [3.8, 4) is 5.75 Å². The Balaban J connectivity index is 2.09. The highest BCUT2D eigenvalue weighted by Crippen LogP contribution is 2.20. The molecule has 3 N–H and O–H groups in total. The van der Waals surface area contributed by atoms with Crippen molar-refractivity contribution in [2.75, 3.05) is 17.2 Å². The molecular formula is C21H25N3O3S. The number of anilines is 2. The third-order valence-corrected chi connectivity index (χ3v) is 3.96. The summed E-state index contributed by atoms with van der Waals surface area (Å²) in [6.45, 7) is 7.87. The van der Waals surface area contributed by atoms with Gasteiger partial charge < -0.3 is 20.7 Å². The average molecular weight is 400 g/mol. The van der Waals surface area contributed by atoms with Crippen molar-refractivity contribution in [1.29, 1.82) is 0 Å². The highest BCUT2D eigenvalue weighted by atomic mass is 32.1. The molecule has 0 saturated heterocycles. The maximum absolute atomic E-state index is 12.7. The van der Waals surface area contributed by atoms with Gasteiger partial charge in [0.15, 0.2) is 5.11 Å². The summed E-state index contributed by atoms with van der Waals surface area (Å²) in [4.78, 5) is 24.8. The summed E-state index contributed by atoms with van der Waals surface area (Å²) in [6, 6.07) is 14.1. The molecule has 0 aromatic heterocycles. The van der Waals surface area contributed by atoms with Crippen LogP contribution in [0.2, 0.25) is 0 Å². The van der Waals surface area contributed by atoms with Gasteiger partial charge in [-0.2, -0.15) is 0 Å². The Kier molecular flexibility index (Phi) is 7.12. The van der Waals surface area contributed by atoms with Gasteiger partial charge in [0.25, 0.3) is 5.91 Å². The molecule has 0 saturated carbocycles. The Morgan fingerprint density at radius 1 is 1.00 bits per heavy atom. The number of nitrogens with one attached hydrogen (secondary N) is 3. The molecule has 7 heteroatoms. The summed E-state index contributed by atoms with van der Waals surface area (Å²) < 4.78 is 5.40. The Bertz CT molecular complexity index is 858. The predicted octanol–water partition coefficient (Wildman–Crippen LogP) is 4.20. The quantitative estimate of drug-likeness (QED) is 0.657. The second kappa shape index (κ2) is 9.32. The summed E-state index contributed by atoms with van der Waals surface area (Å²) in [5.74, 6) is 0.237. The summed E-state index contributed by atoms with van der Waals surface area (Å²) >= 11 is 5.21. The molecule has 6 nitrogen and oxygen atoms in total. The zero-order valence-electron chi connectivity index (χ0n) is 16.5. The van der Waals surface area contributed by atoms with Gasteiger partial charge in [0.1, 0.15) is 5.75 Å². The van der Waals surface area contributed by atoms with Crippen molar-refractivity contribution in [1.82, 2.24) is 5.32 Å². The Morgan fingerprint density at radius 3 is 2.25 bits per heavy atom. The van der Waals surface area contributed by atoms with Crippen LogP contribution >= 0.6 is 12.2 Å². The summed E-state index contributed by atoms with van der Waals surface area (Å²) in [5.41, 5.74) is 0.983. The molecule has 0 fully saturated rings. The molecule has 2 aromatic carbocycles. The van der Waals surface area contributed by atoms with Crippen molar-refractivity contribution in [2.45, 2.75) is 27.7 Å². The first-order valence-electron chi connectivity index (χ1n) is 8.96. The molecule has 0 aliphatic carbocycles.